The van der Waals surface area contributed by atoms with Gasteiger partial charge in [0.05, 0.1) is 6.21 Å². The minimum absolute atomic E-state index is 0.0373. The van der Waals surface area contributed by atoms with Crippen LogP contribution in [-0.4, -0.2) is 23.0 Å². The van der Waals surface area contributed by atoms with Crippen molar-refractivity contribution >= 4 is 23.6 Å². The first-order valence-electron chi connectivity index (χ1n) is 5.47. The van der Waals surface area contributed by atoms with E-state index in [0.717, 1.165) is 0 Å². The fourth-order valence-corrected chi connectivity index (χ4v) is 1.43. The van der Waals surface area contributed by atoms with Crippen molar-refractivity contribution in [1.82, 2.24) is 10.2 Å². The lowest BCUT2D eigenvalue weighted by molar-refractivity contribution is -0.0499. The topological polar surface area (TPSA) is 59.4 Å². The molecule has 20 heavy (non-hydrogen) atoms. The maximum atomic E-state index is 12.2. The Morgan fingerprint density at radius 2 is 2.00 bits per heavy atom. The van der Waals surface area contributed by atoms with E-state index in [1.165, 1.54) is 12.3 Å². The normalized spacial score (nSPS) is 11.0. The van der Waals surface area contributed by atoms with Crippen molar-refractivity contribution in [3.8, 4) is 5.75 Å². The lowest BCUT2D eigenvalue weighted by Crippen LogP contribution is -2.04. The van der Waals surface area contributed by atoms with Crippen LogP contribution in [0.5, 0.6) is 5.75 Å². The molecule has 2 rings (SSSR count). The molecule has 0 aliphatic heterocycles. The second-order valence-electron chi connectivity index (χ2n) is 3.53. The smallest absolute Gasteiger partial charge is 0.387 e. The Balaban J connectivity index is 2.05. The zero-order valence-electron chi connectivity index (χ0n) is 10.0. The predicted octanol–water partition coefficient (Wildman–Crippen LogP) is 3.18. The van der Waals surface area contributed by atoms with Crippen molar-refractivity contribution in [2.75, 3.05) is 5.43 Å². The minimum Gasteiger partial charge on any atom is -0.434 e. The average Bonchev–Trinajstić information content (AvgIpc) is 2.42. The molecular formula is C12H9ClF2N4O. The highest BCUT2D eigenvalue weighted by Crippen LogP contribution is 2.18. The summed E-state index contributed by atoms with van der Waals surface area (Å²) in [6, 6.07) is 9.41. The van der Waals surface area contributed by atoms with E-state index >= 15 is 0 Å². The SMILES string of the molecule is FC(F)Oc1ccccc1/C=N/Nc1ccc(Cl)nn1. The monoisotopic (exact) mass is 298 g/mol. The summed E-state index contributed by atoms with van der Waals surface area (Å²) in [6.45, 7) is -2.89. The molecule has 1 heterocycles. The molecule has 0 fully saturated rings. The van der Waals surface area contributed by atoms with Crippen molar-refractivity contribution in [3.63, 3.8) is 0 Å². The molecule has 0 atom stereocenters. The Morgan fingerprint density at radius 3 is 2.70 bits per heavy atom. The summed E-state index contributed by atoms with van der Waals surface area (Å²) in [5.41, 5.74) is 3.00. The second kappa shape index (κ2) is 6.76. The Labute approximate surface area is 118 Å². The molecule has 1 N–H and O–H groups in total. The maximum absolute atomic E-state index is 12.2. The third-order valence-corrected chi connectivity index (χ3v) is 2.35. The molecule has 1 aromatic carbocycles. The fraction of sp³-hybridized carbons (Fsp3) is 0.0833. The minimum atomic E-state index is -2.89. The Bertz CT molecular complexity index is 592. The third kappa shape index (κ3) is 4.13. The van der Waals surface area contributed by atoms with E-state index < -0.39 is 6.61 Å². The molecule has 2 aromatic rings. The standard InChI is InChI=1S/C12H9ClF2N4O/c13-10-5-6-11(19-17-10)18-16-7-8-3-1-2-4-9(8)20-12(14)15/h1-7,12H,(H,18,19)/b16-7+. The number of aromatic nitrogens is 2. The largest absolute Gasteiger partial charge is 0.434 e. The summed E-state index contributed by atoms with van der Waals surface area (Å²) in [7, 11) is 0. The number of hydrogen-bond acceptors (Lipinski definition) is 5. The summed E-state index contributed by atoms with van der Waals surface area (Å²) in [4.78, 5) is 0. The van der Waals surface area contributed by atoms with Crippen LogP contribution in [0.25, 0.3) is 0 Å². The number of nitrogens with zero attached hydrogens (tertiary/aromatic N) is 3. The van der Waals surface area contributed by atoms with Crippen molar-refractivity contribution in [2.45, 2.75) is 6.61 Å². The molecule has 0 aliphatic carbocycles. The number of hydrazone groups is 1. The van der Waals surface area contributed by atoms with Crippen LogP contribution in [0.15, 0.2) is 41.5 Å². The molecule has 0 bridgehead atoms. The summed E-state index contributed by atoms with van der Waals surface area (Å²) in [6.07, 6.45) is 1.34. The third-order valence-electron chi connectivity index (χ3n) is 2.15. The Kier molecular flexibility index (Phi) is 4.78. The first-order valence-corrected chi connectivity index (χ1v) is 5.85. The lowest BCUT2D eigenvalue weighted by Gasteiger charge is -2.06. The van der Waals surface area contributed by atoms with Crippen molar-refractivity contribution in [3.05, 3.63) is 47.1 Å². The molecular weight excluding hydrogens is 290 g/mol. The number of para-hydroxylation sites is 1. The molecule has 0 saturated carbocycles. The van der Waals surface area contributed by atoms with Crippen LogP contribution in [0, 0.1) is 0 Å². The van der Waals surface area contributed by atoms with Gasteiger partial charge in [0, 0.05) is 5.56 Å². The van der Waals surface area contributed by atoms with E-state index in [0.29, 0.717) is 11.4 Å². The number of ether oxygens (including phenoxy) is 1. The van der Waals surface area contributed by atoms with Crippen LogP contribution in [0.3, 0.4) is 0 Å². The van der Waals surface area contributed by atoms with E-state index in [1.54, 1.807) is 30.3 Å². The van der Waals surface area contributed by atoms with Gasteiger partial charge in [0.25, 0.3) is 0 Å². The number of rotatable bonds is 5. The molecule has 5 nitrogen and oxygen atoms in total. The number of halogens is 3. The molecule has 0 spiro atoms. The van der Waals surface area contributed by atoms with Gasteiger partial charge in [-0.1, -0.05) is 23.7 Å². The molecule has 0 unspecified atom stereocenters. The zero-order chi connectivity index (χ0) is 14.4. The number of anilines is 1. The highest BCUT2D eigenvalue weighted by molar-refractivity contribution is 6.29. The van der Waals surface area contributed by atoms with Gasteiger partial charge in [-0.25, -0.2) is 0 Å². The van der Waals surface area contributed by atoms with Gasteiger partial charge in [-0.3, -0.25) is 5.43 Å². The molecule has 104 valence electrons. The van der Waals surface area contributed by atoms with Gasteiger partial charge < -0.3 is 4.74 Å². The van der Waals surface area contributed by atoms with Crippen molar-refractivity contribution < 1.29 is 13.5 Å². The van der Waals surface area contributed by atoms with Crippen LogP contribution in [0.2, 0.25) is 5.15 Å². The van der Waals surface area contributed by atoms with E-state index in [1.807, 2.05) is 0 Å². The van der Waals surface area contributed by atoms with E-state index in [9.17, 15) is 8.78 Å². The highest BCUT2D eigenvalue weighted by atomic mass is 35.5. The number of alkyl halides is 2. The molecule has 1 aromatic heterocycles. The number of nitrogens with one attached hydrogen (secondary N) is 1. The van der Waals surface area contributed by atoms with Gasteiger partial charge in [0.2, 0.25) is 0 Å². The molecule has 8 heteroatoms. The van der Waals surface area contributed by atoms with Gasteiger partial charge in [-0.15, -0.1) is 10.2 Å². The summed E-state index contributed by atoms with van der Waals surface area (Å²) in [5, 5.41) is 11.5. The Morgan fingerprint density at radius 1 is 1.20 bits per heavy atom. The summed E-state index contributed by atoms with van der Waals surface area (Å²) >= 11 is 5.58. The van der Waals surface area contributed by atoms with Gasteiger partial charge in [0.1, 0.15) is 5.75 Å². The van der Waals surface area contributed by atoms with E-state index in [2.05, 4.69) is 25.5 Å². The second-order valence-corrected chi connectivity index (χ2v) is 3.91. The van der Waals surface area contributed by atoms with Gasteiger partial charge in [0.15, 0.2) is 11.0 Å². The molecule has 0 amide bonds. The van der Waals surface area contributed by atoms with Gasteiger partial charge in [-0.05, 0) is 24.3 Å². The summed E-state index contributed by atoms with van der Waals surface area (Å²) < 4.78 is 28.8. The summed E-state index contributed by atoms with van der Waals surface area (Å²) in [5.74, 6) is 0.410. The molecule has 0 radical (unpaired) electrons. The molecule has 0 saturated heterocycles. The maximum Gasteiger partial charge on any atom is 0.387 e. The average molecular weight is 299 g/mol. The van der Waals surface area contributed by atoms with Crippen molar-refractivity contribution in [1.29, 1.82) is 0 Å². The predicted molar refractivity (Wildman–Crippen MR) is 71.3 cm³/mol. The fourth-order valence-electron chi connectivity index (χ4n) is 1.33. The lowest BCUT2D eigenvalue weighted by atomic mass is 10.2. The van der Waals surface area contributed by atoms with Crippen LogP contribution in [0.1, 0.15) is 5.56 Å². The van der Waals surface area contributed by atoms with Crippen molar-refractivity contribution in [2.24, 2.45) is 5.10 Å². The van der Waals surface area contributed by atoms with Crippen LogP contribution in [-0.2, 0) is 0 Å². The highest BCUT2D eigenvalue weighted by Gasteiger charge is 2.07. The van der Waals surface area contributed by atoms with Crippen LogP contribution in [0.4, 0.5) is 14.6 Å². The number of benzene rings is 1. The zero-order valence-corrected chi connectivity index (χ0v) is 10.8. The quantitative estimate of drug-likeness (QED) is 0.680. The van der Waals surface area contributed by atoms with E-state index in [-0.39, 0.29) is 10.9 Å². The van der Waals surface area contributed by atoms with Crippen LogP contribution >= 0.6 is 11.6 Å². The first kappa shape index (κ1) is 14.1. The number of hydrogen-bond donors (Lipinski definition) is 1. The van der Waals surface area contributed by atoms with E-state index in [4.69, 9.17) is 11.6 Å². The molecule has 0 aliphatic rings. The Hall–Kier alpha value is -2.28. The first-order chi connectivity index (χ1) is 9.65. The van der Waals surface area contributed by atoms with Gasteiger partial charge >= 0.3 is 6.61 Å². The van der Waals surface area contributed by atoms with Gasteiger partial charge in [-0.2, -0.15) is 13.9 Å². The van der Waals surface area contributed by atoms with Crippen LogP contribution < -0.4 is 10.2 Å².